The van der Waals surface area contributed by atoms with Crippen molar-refractivity contribution < 1.29 is 4.42 Å². The second kappa shape index (κ2) is 7.05. The molecule has 0 aliphatic carbocycles. The van der Waals surface area contributed by atoms with Gasteiger partial charge in [-0.05, 0) is 59.8 Å². The summed E-state index contributed by atoms with van der Waals surface area (Å²) < 4.78 is 7.59. The van der Waals surface area contributed by atoms with Crippen molar-refractivity contribution in [2.75, 3.05) is 0 Å². The topological polar surface area (TPSA) is 69.6 Å². The maximum atomic E-state index is 5.81. The van der Waals surface area contributed by atoms with Gasteiger partial charge in [-0.25, -0.2) is 4.98 Å². The third-order valence-corrected chi connectivity index (χ3v) is 6.00. The van der Waals surface area contributed by atoms with Gasteiger partial charge in [0.1, 0.15) is 5.76 Å². The number of aromatic nitrogens is 5. The molecule has 0 aliphatic rings. The number of hydrogen-bond acceptors (Lipinski definition) is 7. The Hall–Kier alpha value is -2.45. The molecule has 0 aliphatic heterocycles. The van der Waals surface area contributed by atoms with Crippen molar-refractivity contribution in [2.24, 2.45) is 0 Å². The molecular weight excluding hydrogens is 366 g/mol. The number of oxazole rings is 1. The highest BCUT2D eigenvalue weighted by Gasteiger charge is 2.16. The van der Waals surface area contributed by atoms with Crippen LogP contribution in [0.5, 0.6) is 0 Å². The van der Waals surface area contributed by atoms with Crippen LogP contribution in [0.3, 0.4) is 0 Å². The Labute approximate surface area is 159 Å². The second-order valence-corrected chi connectivity index (χ2v) is 7.77. The summed E-state index contributed by atoms with van der Waals surface area (Å²) in [5, 5.41) is 14.9. The summed E-state index contributed by atoms with van der Waals surface area (Å²) in [6, 6.07) is 10.1. The minimum Gasteiger partial charge on any atom is -0.440 e. The van der Waals surface area contributed by atoms with E-state index in [2.05, 4.69) is 40.4 Å². The number of aryl methyl sites for hydroxylation is 2. The molecule has 3 heterocycles. The fraction of sp³-hybridized carbons (Fsp3) is 0.222. The standard InChI is InChI=1S/C18H17N5OS2/c1-11-6-4-7-15(12(11)2)23-18(20-21-22-23)26-10-14-13(3)24-17(19-14)16-8-5-9-25-16/h4-9H,10H2,1-3H3. The van der Waals surface area contributed by atoms with Gasteiger partial charge in [0.05, 0.1) is 16.3 Å². The SMILES string of the molecule is Cc1cccc(-n2nnnc2SCc2nc(-c3cccs3)oc2C)c1C. The molecule has 0 unspecified atom stereocenters. The van der Waals surface area contributed by atoms with Gasteiger partial charge in [-0.2, -0.15) is 4.68 Å². The second-order valence-electron chi connectivity index (χ2n) is 5.88. The Bertz CT molecular complexity index is 1040. The summed E-state index contributed by atoms with van der Waals surface area (Å²) in [6.45, 7) is 6.10. The average Bonchev–Trinajstić information content (AvgIpc) is 3.36. The van der Waals surface area contributed by atoms with E-state index in [1.807, 2.05) is 36.6 Å². The summed E-state index contributed by atoms with van der Waals surface area (Å²) in [7, 11) is 0. The molecule has 0 bridgehead atoms. The van der Waals surface area contributed by atoms with Crippen LogP contribution in [0.2, 0.25) is 0 Å². The number of thiophene rings is 1. The summed E-state index contributed by atoms with van der Waals surface area (Å²) in [4.78, 5) is 5.66. The van der Waals surface area contributed by atoms with E-state index >= 15 is 0 Å². The third kappa shape index (κ3) is 3.17. The summed E-state index contributed by atoms with van der Waals surface area (Å²) >= 11 is 3.17. The average molecular weight is 384 g/mol. The van der Waals surface area contributed by atoms with Gasteiger partial charge in [-0.3, -0.25) is 0 Å². The number of rotatable bonds is 5. The fourth-order valence-corrected chi connectivity index (χ4v) is 4.12. The van der Waals surface area contributed by atoms with Crippen LogP contribution in [0.4, 0.5) is 0 Å². The highest BCUT2D eigenvalue weighted by molar-refractivity contribution is 7.98. The molecule has 0 radical (unpaired) electrons. The molecule has 26 heavy (non-hydrogen) atoms. The van der Waals surface area contributed by atoms with E-state index in [1.165, 1.54) is 11.1 Å². The van der Waals surface area contributed by atoms with Crippen molar-refractivity contribution in [1.82, 2.24) is 25.2 Å². The number of nitrogens with zero attached hydrogens (tertiary/aromatic N) is 5. The molecule has 4 rings (SSSR count). The van der Waals surface area contributed by atoms with E-state index in [1.54, 1.807) is 27.8 Å². The van der Waals surface area contributed by atoms with Gasteiger partial charge in [0.25, 0.3) is 0 Å². The monoisotopic (exact) mass is 383 g/mol. The zero-order valence-electron chi connectivity index (χ0n) is 14.6. The van der Waals surface area contributed by atoms with Crippen molar-refractivity contribution in [2.45, 2.75) is 31.7 Å². The smallest absolute Gasteiger partial charge is 0.236 e. The molecule has 4 aromatic rings. The van der Waals surface area contributed by atoms with Crippen molar-refractivity contribution >= 4 is 23.1 Å². The van der Waals surface area contributed by atoms with E-state index in [0.29, 0.717) is 11.6 Å². The van der Waals surface area contributed by atoms with Gasteiger partial charge < -0.3 is 4.42 Å². The Morgan fingerprint density at radius 1 is 1.15 bits per heavy atom. The minimum atomic E-state index is 0.645. The largest absolute Gasteiger partial charge is 0.440 e. The Kier molecular flexibility index (Phi) is 4.60. The van der Waals surface area contributed by atoms with Gasteiger partial charge in [0.15, 0.2) is 0 Å². The summed E-state index contributed by atoms with van der Waals surface area (Å²) in [6.07, 6.45) is 0. The Morgan fingerprint density at radius 3 is 2.85 bits per heavy atom. The molecular formula is C18H17N5OS2. The molecule has 0 atom stereocenters. The first-order valence-electron chi connectivity index (χ1n) is 8.11. The normalized spacial score (nSPS) is 11.2. The number of tetrazole rings is 1. The Morgan fingerprint density at radius 2 is 2.04 bits per heavy atom. The van der Waals surface area contributed by atoms with E-state index in [0.717, 1.165) is 27.2 Å². The van der Waals surface area contributed by atoms with Crippen molar-refractivity contribution in [3.63, 3.8) is 0 Å². The summed E-state index contributed by atoms with van der Waals surface area (Å²) in [5.41, 5.74) is 4.28. The van der Waals surface area contributed by atoms with Crippen molar-refractivity contribution in [1.29, 1.82) is 0 Å². The van der Waals surface area contributed by atoms with Gasteiger partial charge in [0, 0.05) is 5.75 Å². The van der Waals surface area contributed by atoms with E-state index in [-0.39, 0.29) is 0 Å². The quantitative estimate of drug-likeness (QED) is 0.469. The predicted molar refractivity (Wildman–Crippen MR) is 103 cm³/mol. The first kappa shape index (κ1) is 17.0. The van der Waals surface area contributed by atoms with Gasteiger partial charge in [-0.1, -0.05) is 30.0 Å². The lowest BCUT2D eigenvalue weighted by Crippen LogP contribution is -2.02. The molecule has 8 heteroatoms. The number of benzene rings is 1. The lowest BCUT2D eigenvalue weighted by atomic mass is 10.1. The molecule has 0 fully saturated rings. The first-order valence-corrected chi connectivity index (χ1v) is 9.98. The minimum absolute atomic E-state index is 0.645. The van der Waals surface area contributed by atoms with Crippen LogP contribution in [0.25, 0.3) is 16.5 Å². The fourth-order valence-electron chi connectivity index (χ4n) is 2.59. The van der Waals surface area contributed by atoms with Crippen LogP contribution >= 0.6 is 23.1 Å². The molecule has 6 nitrogen and oxygen atoms in total. The van der Waals surface area contributed by atoms with Crippen LogP contribution in [0.1, 0.15) is 22.6 Å². The van der Waals surface area contributed by atoms with Crippen LogP contribution in [-0.2, 0) is 5.75 Å². The van der Waals surface area contributed by atoms with Gasteiger partial charge >= 0.3 is 0 Å². The lowest BCUT2D eigenvalue weighted by Gasteiger charge is -2.09. The molecule has 132 valence electrons. The molecule has 3 aromatic heterocycles. The Balaban J connectivity index is 1.57. The first-order chi connectivity index (χ1) is 12.6. The highest BCUT2D eigenvalue weighted by Crippen LogP contribution is 2.30. The van der Waals surface area contributed by atoms with E-state index < -0.39 is 0 Å². The lowest BCUT2D eigenvalue weighted by molar-refractivity contribution is 0.542. The molecule has 0 saturated heterocycles. The maximum absolute atomic E-state index is 5.81. The predicted octanol–water partition coefficient (Wildman–Crippen LogP) is 4.60. The molecule has 0 spiro atoms. The third-order valence-electron chi connectivity index (χ3n) is 4.21. The van der Waals surface area contributed by atoms with Gasteiger partial charge in [0.2, 0.25) is 11.0 Å². The van der Waals surface area contributed by atoms with E-state index in [4.69, 9.17) is 4.42 Å². The van der Waals surface area contributed by atoms with Crippen LogP contribution in [-0.4, -0.2) is 25.2 Å². The number of thioether (sulfide) groups is 1. The van der Waals surface area contributed by atoms with Crippen molar-refractivity contribution in [3.05, 3.63) is 58.3 Å². The molecule has 0 amide bonds. The number of hydrogen-bond donors (Lipinski definition) is 0. The zero-order valence-corrected chi connectivity index (χ0v) is 16.3. The van der Waals surface area contributed by atoms with Crippen LogP contribution in [0.15, 0.2) is 45.3 Å². The molecule has 0 saturated carbocycles. The van der Waals surface area contributed by atoms with Crippen LogP contribution < -0.4 is 0 Å². The van der Waals surface area contributed by atoms with Gasteiger partial charge in [-0.15, -0.1) is 16.4 Å². The van der Waals surface area contributed by atoms with E-state index in [9.17, 15) is 0 Å². The van der Waals surface area contributed by atoms with Crippen molar-refractivity contribution in [3.8, 4) is 16.5 Å². The van der Waals surface area contributed by atoms with Crippen LogP contribution in [0, 0.1) is 20.8 Å². The maximum Gasteiger partial charge on any atom is 0.236 e. The highest BCUT2D eigenvalue weighted by atomic mass is 32.2. The zero-order chi connectivity index (χ0) is 18.1. The molecule has 0 N–H and O–H groups in total. The molecule has 1 aromatic carbocycles. The summed E-state index contributed by atoms with van der Waals surface area (Å²) in [5.74, 6) is 2.14.